The minimum absolute atomic E-state index is 0.289. The van der Waals surface area contributed by atoms with Gasteiger partial charge in [0.2, 0.25) is 0 Å². The minimum atomic E-state index is -1.50. The Morgan fingerprint density at radius 3 is 2.45 bits per heavy atom. The third-order valence-electron chi connectivity index (χ3n) is 0.625. The quantitative estimate of drug-likeness (QED) is 0.451. The summed E-state index contributed by atoms with van der Waals surface area (Å²) in [4.78, 5) is 11.9. The number of hydrogen-bond acceptors (Lipinski definition) is 3. The van der Waals surface area contributed by atoms with Gasteiger partial charge in [-0.15, -0.1) is 10.1 Å². The Balaban J connectivity index is 0.000000218. The number of rotatable bonds is 0. The molecule has 0 aromatic carbocycles. The number of aromatic nitrogens is 1. The standard InChI is InChI=1S/C5H4FN.HNO3/c6-5-2-1-3-7-4-5;2-1(3)4/h1-4H;(H,2,3,4). The van der Waals surface area contributed by atoms with E-state index >= 15 is 0 Å². The van der Waals surface area contributed by atoms with E-state index in [1.165, 1.54) is 18.5 Å². The normalized spacial score (nSPS) is 7.73. The van der Waals surface area contributed by atoms with Crippen molar-refractivity contribution in [2.45, 2.75) is 0 Å². The van der Waals surface area contributed by atoms with Gasteiger partial charge in [-0.3, -0.25) is 4.98 Å². The molecule has 0 spiro atoms. The summed E-state index contributed by atoms with van der Waals surface area (Å²) in [5, 5.41) is 13.6. The zero-order chi connectivity index (χ0) is 8.69. The summed E-state index contributed by atoms with van der Waals surface area (Å²) in [6.07, 6.45) is 2.70. The molecule has 0 aliphatic carbocycles. The monoisotopic (exact) mass is 160 g/mol. The molecule has 0 amide bonds. The number of nitrogens with zero attached hydrogens (tertiary/aromatic N) is 2. The lowest BCUT2D eigenvalue weighted by Crippen LogP contribution is -1.81. The molecule has 1 aromatic heterocycles. The van der Waals surface area contributed by atoms with Crippen molar-refractivity contribution in [2.75, 3.05) is 0 Å². The van der Waals surface area contributed by atoms with E-state index in [9.17, 15) is 4.39 Å². The van der Waals surface area contributed by atoms with Gasteiger partial charge in [0.25, 0.3) is 5.09 Å². The van der Waals surface area contributed by atoms with E-state index in [2.05, 4.69) is 4.98 Å². The molecule has 1 rings (SSSR count). The second kappa shape index (κ2) is 5.10. The Kier molecular flexibility index (Phi) is 4.30. The summed E-state index contributed by atoms with van der Waals surface area (Å²) in [5.41, 5.74) is 0. The van der Waals surface area contributed by atoms with Crippen molar-refractivity contribution < 1.29 is 14.7 Å². The molecule has 60 valence electrons. The SMILES string of the molecule is Fc1cccnc1.O=[N+]([O-])O. The highest BCUT2D eigenvalue weighted by molar-refractivity contribution is 4.92. The Bertz CT molecular complexity index is 212. The maximum atomic E-state index is 11.8. The first-order chi connectivity index (χ1) is 5.13. The molecule has 1 N–H and O–H groups in total. The van der Waals surface area contributed by atoms with Gasteiger partial charge in [-0.25, -0.2) is 4.39 Å². The molecule has 0 unspecified atom stereocenters. The van der Waals surface area contributed by atoms with Crippen molar-refractivity contribution in [1.29, 1.82) is 0 Å². The summed E-state index contributed by atoms with van der Waals surface area (Å²) >= 11 is 0. The summed E-state index contributed by atoms with van der Waals surface area (Å²) in [5.74, 6) is -0.289. The smallest absolute Gasteiger partial charge is 0.291 e. The van der Waals surface area contributed by atoms with Crippen molar-refractivity contribution in [2.24, 2.45) is 0 Å². The molecule has 0 fully saturated rings. The Morgan fingerprint density at radius 1 is 1.73 bits per heavy atom. The highest BCUT2D eigenvalue weighted by Crippen LogP contribution is 1.87. The first-order valence-corrected chi connectivity index (χ1v) is 2.51. The van der Waals surface area contributed by atoms with Gasteiger partial charge < -0.3 is 5.21 Å². The molecule has 11 heavy (non-hydrogen) atoms. The van der Waals surface area contributed by atoms with E-state index in [0.717, 1.165) is 0 Å². The van der Waals surface area contributed by atoms with Crippen LogP contribution in [0.2, 0.25) is 0 Å². The average Bonchev–Trinajstić information content (AvgIpc) is 1.87. The van der Waals surface area contributed by atoms with Crippen LogP contribution in [-0.4, -0.2) is 15.3 Å². The van der Waals surface area contributed by atoms with Gasteiger partial charge in [0.05, 0.1) is 6.20 Å². The van der Waals surface area contributed by atoms with Crippen LogP contribution in [0.25, 0.3) is 0 Å². The molecule has 6 heteroatoms. The van der Waals surface area contributed by atoms with Gasteiger partial charge in [-0.05, 0) is 12.1 Å². The predicted octanol–water partition coefficient (Wildman–Crippen LogP) is 0.873. The second-order valence-corrected chi connectivity index (χ2v) is 1.41. The van der Waals surface area contributed by atoms with Crippen LogP contribution in [0.1, 0.15) is 0 Å². The van der Waals surface area contributed by atoms with Gasteiger partial charge in [-0.2, -0.15) is 0 Å². The molecular formula is C5H5FN2O3. The Hall–Kier alpha value is -1.72. The minimum Gasteiger partial charge on any atom is -0.328 e. The molecule has 5 nitrogen and oxygen atoms in total. The number of hydrogen-bond donors (Lipinski definition) is 1. The largest absolute Gasteiger partial charge is 0.328 e. The van der Waals surface area contributed by atoms with Crippen molar-refractivity contribution in [3.05, 3.63) is 40.5 Å². The van der Waals surface area contributed by atoms with Crippen molar-refractivity contribution in [3.8, 4) is 0 Å². The van der Waals surface area contributed by atoms with Crippen LogP contribution >= 0.6 is 0 Å². The summed E-state index contributed by atoms with van der Waals surface area (Å²) in [6, 6.07) is 2.91. The highest BCUT2D eigenvalue weighted by Gasteiger charge is 1.78. The average molecular weight is 160 g/mol. The van der Waals surface area contributed by atoms with Gasteiger partial charge in [0, 0.05) is 6.20 Å². The van der Waals surface area contributed by atoms with Crippen LogP contribution in [0.15, 0.2) is 24.5 Å². The molecular weight excluding hydrogens is 155 g/mol. The molecule has 1 heterocycles. The van der Waals surface area contributed by atoms with Gasteiger partial charge in [0.15, 0.2) is 0 Å². The topological polar surface area (TPSA) is 76.3 Å². The summed E-state index contributed by atoms with van der Waals surface area (Å²) in [6.45, 7) is 0. The third-order valence-corrected chi connectivity index (χ3v) is 0.625. The van der Waals surface area contributed by atoms with E-state index in [-0.39, 0.29) is 5.82 Å². The predicted molar refractivity (Wildman–Crippen MR) is 33.0 cm³/mol. The van der Waals surface area contributed by atoms with E-state index in [0.29, 0.717) is 0 Å². The summed E-state index contributed by atoms with van der Waals surface area (Å²) < 4.78 is 11.8. The van der Waals surface area contributed by atoms with E-state index in [1.807, 2.05) is 0 Å². The van der Waals surface area contributed by atoms with E-state index in [4.69, 9.17) is 15.3 Å². The molecule has 0 radical (unpaired) electrons. The molecule has 0 atom stereocenters. The zero-order valence-corrected chi connectivity index (χ0v) is 5.35. The highest BCUT2D eigenvalue weighted by atomic mass is 19.1. The maximum absolute atomic E-state index is 11.8. The van der Waals surface area contributed by atoms with Crippen LogP contribution in [-0.2, 0) is 0 Å². The first-order valence-electron chi connectivity index (χ1n) is 2.51. The van der Waals surface area contributed by atoms with Crippen LogP contribution in [0.3, 0.4) is 0 Å². The molecule has 0 bridgehead atoms. The number of halogens is 1. The third kappa shape index (κ3) is 8.28. The van der Waals surface area contributed by atoms with Gasteiger partial charge in [0.1, 0.15) is 5.82 Å². The summed E-state index contributed by atoms with van der Waals surface area (Å²) in [7, 11) is 0. The Labute approximate surface area is 61.2 Å². The molecule has 1 aromatic rings. The van der Waals surface area contributed by atoms with Crippen molar-refractivity contribution in [1.82, 2.24) is 4.98 Å². The first kappa shape index (κ1) is 9.28. The van der Waals surface area contributed by atoms with Crippen LogP contribution in [0.4, 0.5) is 4.39 Å². The lowest BCUT2D eigenvalue weighted by atomic mass is 10.5. The molecule has 0 aliphatic rings. The number of pyridine rings is 1. The zero-order valence-electron chi connectivity index (χ0n) is 5.35. The molecule has 0 saturated carbocycles. The van der Waals surface area contributed by atoms with Crippen LogP contribution in [0.5, 0.6) is 0 Å². The lowest BCUT2D eigenvalue weighted by molar-refractivity contribution is -0.742. The molecule has 0 aliphatic heterocycles. The van der Waals surface area contributed by atoms with Crippen molar-refractivity contribution in [3.63, 3.8) is 0 Å². The fraction of sp³-hybridized carbons (Fsp3) is 0. The van der Waals surface area contributed by atoms with E-state index in [1.54, 1.807) is 6.07 Å². The fourth-order valence-electron chi connectivity index (χ4n) is 0.342. The van der Waals surface area contributed by atoms with E-state index < -0.39 is 5.09 Å². The fourth-order valence-corrected chi connectivity index (χ4v) is 0.342. The van der Waals surface area contributed by atoms with Crippen LogP contribution in [0, 0.1) is 15.9 Å². The van der Waals surface area contributed by atoms with Gasteiger partial charge >= 0.3 is 0 Å². The second-order valence-electron chi connectivity index (χ2n) is 1.41. The maximum Gasteiger partial charge on any atom is 0.291 e. The van der Waals surface area contributed by atoms with Gasteiger partial charge in [-0.1, -0.05) is 0 Å². The van der Waals surface area contributed by atoms with Crippen molar-refractivity contribution >= 4 is 0 Å². The molecule has 0 saturated heterocycles. The lowest BCUT2D eigenvalue weighted by Gasteiger charge is -1.78. The Morgan fingerprint density at radius 2 is 2.27 bits per heavy atom. The van der Waals surface area contributed by atoms with Crippen LogP contribution < -0.4 is 0 Å².